The minimum absolute atomic E-state index is 0.0478. The Bertz CT molecular complexity index is 809. The Hall–Kier alpha value is -1.85. The SMILES string of the molecule is [2H]Cn1c(=O)n(C([2H])([2H])[2H])c(=O)c2c1ncn2C([2H])([2H])[2H]. The van der Waals surface area contributed by atoms with E-state index in [-0.39, 0.29) is 10.2 Å². The molecule has 6 heteroatoms. The van der Waals surface area contributed by atoms with Crippen LogP contribution in [-0.2, 0) is 21.0 Å². The van der Waals surface area contributed by atoms with Crippen molar-refractivity contribution in [2.45, 2.75) is 0 Å². The van der Waals surface area contributed by atoms with Crippen molar-refractivity contribution in [3.8, 4) is 0 Å². The summed E-state index contributed by atoms with van der Waals surface area (Å²) >= 11 is 0. The van der Waals surface area contributed by atoms with Crippen LogP contribution >= 0.6 is 0 Å². The summed E-state index contributed by atoms with van der Waals surface area (Å²) in [5, 5.41) is 0. The fourth-order valence-corrected chi connectivity index (χ4v) is 1.14. The summed E-state index contributed by atoms with van der Waals surface area (Å²) in [6.45, 7) is -5.87. The van der Waals surface area contributed by atoms with E-state index in [1.807, 2.05) is 0 Å². The summed E-state index contributed by atoms with van der Waals surface area (Å²) in [5.74, 6) is 0. The number of nitrogens with zero attached hydrogens (tertiary/aromatic N) is 4. The largest absolute Gasteiger partial charge is 0.332 e. The zero-order valence-electron chi connectivity index (χ0n) is 13.9. The summed E-state index contributed by atoms with van der Waals surface area (Å²) in [4.78, 5) is 27.9. The third kappa shape index (κ3) is 0.876. The van der Waals surface area contributed by atoms with Gasteiger partial charge in [-0.3, -0.25) is 13.9 Å². The van der Waals surface area contributed by atoms with Crippen molar-refractivity contribution in [2.24, 2.45) is 21.0 Å². The summed E-state index contributed by atoms with van der Waals surface area (Å²) in [5.41, 5.74) is -3.42. The smallest absolute Gasteiger partial charge is 0.328 e. The normalized spacial score (nSPS) is 20.1. The zero-order chi connectivity index (χ0) is 16.2. The van der Waals surface area contributed by atoms with Gasteiger partial charge in [0.15, 0.2) is 11.2 Å². The summed E-state index contributed by atoms with van der Waals surface area (Å²) in [6.07, 6.45) is 0.814. The number of fused-ring (bicyclic) bond motifs is 1. The number of hydrogen-bond donors (Lipinski definition) is 0. The first-order chi connectivity index (χ1) is 9.50. The van der Waals surface area contributed by atoms with E-state index in [9.17, 15) is 9.59 Å². The Kier molecular flexibility index (Phi) is 0.682. The molecule has 2 aromatic heterocycles. The second-order valence-corrected chi connectivity index (χ2v) is 2.64. The molecular formula is C8H10N4O2. The van der Waals surface area contributed by atoms with Gasteiger partial charge in [-0.15, -0.1) is 0 Å². The van der Waals surface area contributed by atoms with Gasteiger partial charge in [0, 0.05) is 30.6 Å². The van der Waals surface area contributed by atoms with Crippen molar-refractivity contribution in [3.63, 3.8) is 0 Å². The highest BCUT2D eigenvalue weighted by Crippen LogP contribution is 2.01. The van der Waals surface area contributed by atoms with Gasteiger partial charge in [-0.25, -0.2) is 9.78 Å². The number of rotatable bonds is 0. The second kappa shape index (κ2) is 2.57. The predicted molar refractivity (Wildman–Crippen MR) is 51.2 cm³/mol. The van der Waals surface area contributed by atoms with Gasteiger partial charge in [0.05, 0.1) is 6.33 Å². The Morgan fingerprint density at radius 3 is 2.86 bits per heavy atom. The van der Waals surface area contributed by atoms with Crippen LogP contribution in [0.15, 0.2) is 15.9 Å². The maximum atomic E-state index is 12.2. The molecule has 0 atom stereocenters. The average molecular weight is 201 g/mol. The van der Waals surface area contributed by atoms with Crippen LogP contribution in [0, 0.1) is 0 Å². The van der Waals surface area contributed by atoms with Gasteiger partial charge in [-0.05, 0) is 0 Å². The van der Waals surface area contributed by atoms with E-state index in [0.717, 1.165) is 6.33 Å². The molecule has 0 aromatic carbocycles. The Morgan fingerprint density at radius 2 is 2.21 bits per heavy atom. The first-order valence-electron chi connectivity index (χ1n) is 7.24. The van der Waals surface area contributed by atoms with Crippen molar-refractivity contribution in [3.05, 3.63) is 27.2 Å². The van der Waals surface area contributed by atoms with Crippen molar-refractivity contribution < 1.29 is 9.60 Å². The van der Waals surface area contributed by atoms with Gasteiger partial charge in [0.1, 0.15) is 0 Å². The van der Waals surface area contributed by atoms with Crippen molar-refractivity contribution in [2.75, 3.05) is 0 Å². The molecule has 0 spiro atoms. The standard InChI is InChI=1S/C8H10N4O2/c1-10-4-9-6-5(10)7(13)12(3)8(14)11(6)2/h4H,1-3H3/i1D3,2D,3D3. The Morgan fingerprint density at radius 1 is 1.36 bits per heavy atom. The van der Waals surface area contributed by atoms with Crippen molar-refractivity contribution in [1.82, 2.24) is 18.7 Å². The molecule has 0 radical (unpaired) electrons. The highest BCUT2D eigenvalue weighted by Gasteiger charge is 2.11. The van der Waals surface area contributed by atoms with Crippen molar-refractivity contribution >= 4 is 11.2 Å². The van der Waals surface area contributed by atoms with Gasteiger partial charge in [-0.2, -0.15) is 0 Å². The third-order valence-corrected chi connectivity index (χ3v) is 1.83. The summed E-state index contributed by atoms with van der Waals surface area (Å²) in [7, 11) is -0.705. The Labute approximate surface area is 88.9 Å². The van der Waals surface area contributed by atoms with Crippen LogP contribution in [0.4, 0.5) is 0 Å². The molecule has 2 heterocycles. The summed E-state index contributed by atoms with van der Waals surface area (Å²) in [6, 6.07) is 0. The minimum atomic E-state index is -3.09. The van der Waals surface area contributed by atoms with E-state index < -0.39 is 37.7 Å². The Balaban J connectivity index is 3.10. The van der Waals surface area contributed by atoms with Crippen LogP contribution < -0.4 is 11.2 Å². The summed E-state index contributed by atoms with van der Waals surface area (Å²) < 4.78 is 52.0. The topological polar surface area (TPSA) is 61.8 Å². The van der Waals surface area contributed by atoms with Gasteiger partial charge < -0.3 is 4.57 Å². The molecule has 0 aliphatic carbocycles. The molecule has 0 fully saturated rings. The van der Waals surface area contributed by atoms with Crippen LogP contribution in [0.3, 0.4) is 0 Å². The molecule has 0 unspecified atom stereocenters. The molecule has 14 heavy (non-hydrogen) atoms. The lowest BCUT2D eigenvalue weighted by atomic mass is 10.5. The zero-order valence-corrected chi connectivity index (χ0v) is 6.89. The van der Waals surface area contributed by atoms with Gasteiger partial charge in [-0.1, -0.05) is 0 Å². The lowest BCUT2D eigenvalue weighted by Crippen LogP contribution is -2.37. The molecule has 0 N–H and O–H groups in total. The number of imidazole rings is 1. The lowest BCUT2D eigenvalue weighted by Gasteiger charge is -2.02. The third-order valence-electron chi connectivity index (χ3n) is 1.83. The highest BCUT2D eigenvalue weighted by molar-refractivity contribution is 5.69. The first kappa shape index (κ1) is 3.72. The van der Waals surface area contributed by atoms with E-state index >= 15 is 0 Å². The van der Waals surface area contributed by atoms with Gasteiger partial charge >= 0.3 is 5.69 Å². The van der Waals surface area contributed by atoms with Crippen LogP contribution in [0.2, 0.25) is 0 Å². The highest BCUT2D eigenvalue weighted by atomic mass is 16.2. The van der Waals surface area contributed by atoms with E-state index in [0.29, 0.717) is 9.13 Å². The molecule has 0 saturated carbocycles. The van der Waals surface area contributed by atoms with Crippen LogP contribution in [-0.4, -0.2) is 18.7 Å². The number of hydrogen-bond acceptors (Lipinski definition) is 3. The predicted octanol–water partition coefficient (Wildman–Crippen LogP) is -1.03. The fraction of sp³-hybridized carbons (Fsp3) is 0.375. The quantitative estimate of drug-likeness (QED) is 0.547. The van der Waals surface area contributed by atoms with E-state index in [4.69, 9.17) is 9.60 Å². The maximum Gasteiger partial charge on any atom is 0.332 e. The van der Waals surface area contributed by atoms with Gasteiger partial charge in [0.2, 0.25) is 0 Å². The molecule has 0 saturated heterocycles. The molecule has 0 amide bonds. The average Bonchev–Trinajstić information content (AvgIpc) is 2.72. The van der Waals surface area contributed by atoms with Crippen LogP contribution in [0.1, 0.15) is 9.60 Å². The molecule has 74 valence electrons. The molecule has 0 bridgehead atoms. The first-order valence-corrected chi connectivity index (χ1v) is 3.53. The van der Waals surface area contributed by atoms with Crippen LogP contribution in [0.5, 0.6) is 0 Å². The fourth-order valence-electron chi connectivity index (χ4n) is 1.14. The maximum absolute atomic E-state index is 12.2. The van der Waals surface area contributed by atoms with Crippen molar-refractivity contribution in [1.29, 1.82) is 0 Å². The van der Waals surface area contributed by atoms with E-state index in [1.54, 1.807) is 0 Å². The molecular weight excluding hydrogens is 184 g/mol. The molecule has 2 aromatic rings. The van der Waals surface area contributed by atoms with E-state index in [2.05, 4.69) is 4.98 Å². The lowest BCUT2D eigenvalue weighted by molar-refractivity contribution is 0.705. The molecule has 0 aliphatic heterocycles. The molecule has 2 rings (SSSR count). The minimum Gasteiger partial charge on any atom is -0.328 e. The number of aromatic nitrogens is 4. The second-order valence-electron chi connectivity index (χ2n) is 2.64. The van der Waals surface area contributed by atoms with Gasteiger partial charge in [0.25, 0.3) is 5.56 Å². The monoisotopic (exact) mass is 201 g/mol. The van der Waals surface area contributed by atoms with Crippen LogP contribution in [0.25, 0.3) is 11.2 Å². The molecule has 0 aliphatic rings. The number of aryl methyl sites for hydroxylation is 2. The molecule has 6 nitrogen and oxygen atoms in total. The van der Waals surface area contributed by atoms with E-state index in [1.165, 1.54) is 0 Å².